The zero-order valence-electron chi connectivity index (χ0n) is 13.1. The minimum Gasteiger partial charge on any atom is -0.395 e. The van der Waals surface area contributed by atoms with Crippen LogP contribution in [0, 0.1) is 5.41 Å². The highest BCUT2D eigenvalue weighted by molar-refractivity contribution is 5.14. The van der Waals surface area contributed by atoms with Gasteiger partial charge >= 0.3 is 0 Å². The molecule has 0 aliphatic carbocycles. The van der Waals surface area contributed by atoms with E-state index < -0.39 is 0 Å². The van der Waals surface area contributed by atoms with Crippen molar-refractivity contribution in [2.24, 2.45) is 5.41 Å². The summed E-state index contributed by atoms with van der Waals surface area (Å²) in [4.78, 5) is 2.35. The Morgan fingerprint density at radius 2 is 2.14 bits per heavy atom. The second kappa shape index (κ2) is 8.49. The summed E-state index contributed by atoms with van der Waals surface area (Å²) in [7, 11) is 0. The van der Waals surface area contributed by atoms with Gasteiger partial charge in [0.05, 0.1) is 13.2 Å². The second-order valence-electron chi connectivity index (χ2n) is 6.00. The quantitative estimate of drug-likeness (QED) is 0.724. The van der Waals surface area contributed by atoms with E-state index in [-0.39, 0.29) is 12.0 Å². The Labute approximate surface area is 128 Å². The Morgan fingerprint density at radius 3 is 2.76 bits per heavy atom. The lowest BCUT2D eigenvalue weighted by Gasteiger charge is -2.34. The first kappa shape index (κ1) is 16.4. The van der Waals surface area contributed by atoms with E-state index in [9.17, 15) is 5.11 Å². The fraction of sp³-hybridized carbons (Fsp3) is 0.647. The average molecular weight is 292 g/mol. The Kier molecular flexibility index (Phi) is 6.64. The highest BCUT2D eigenvalue weighted by atomic mass is 16.5. The summed E-state index contributed by atoms with van der Waals surface area (Å²) < 4.78 is 5.66. The lowest BCUT2D eigenvalue weighted by Crippen LogP contribution is -2.45. The highest BCUT2D eigenvalue weighted by Gasteiger charge is 2.36. The fourth-order valence-electron chi connectivity index (χ4n) is 3.03. The second-order valence-corrected chi connectivity index (χ2v) is 6.00. The van der Waals surface area contributed by atoms with Crippen LogP contribution < -0.4 is 5.32 Å². The van der Waals surface area contributed by atoms with Crippen LogP contribution in [0.5, 0.6) is 0 Å². The van der Waals surface area contributed by atoms with Crippen LogP contribution in [-0.4, -0.2) is 56.0 Å². The van der Waals surface area contributed by atoms with Gasteiger partial charge in [0.1, 0.15) is 0 Å². The lowest BCUT2D eigenvalue weighted by atomic mass is 9.86. The summed E-state index contributed by atoms with van der Waals surface area (Å²) in [6, 6.07) is 10.5. The first-order valence-electron chi connectivity index (χ1n) is 7.93. The summed E-state index contributed by atoms with van der Waals surface area (Å²) in [6.45, 7) is 8.54. The molecule has 1 heterocycles. The topological polar surface area (TPSA) is 44.7 Å². The van der Waals surface area contributed by atoms with Gasteiger partial charge in [0.2, 0.25) is 0 Å². The molecular formula is C17H28N2O2. The van der Waals surface area contributed by atoms with Gasteiger partial charge in [-0.25, -0.2) is 0 Å². The Bertz CT molecular complexity index is 391. The number of ether oxygens (including phenoxy) is 1. The lowest BCUT2D eigenvalue weighted by molar-refractivity contribution is 0.0932. The Hall–Kier alpha value is -0.940. The first-order chi connectivity index (χ1) is 10.3. The smallest absolute Gasteiger partial charge is 0.0558 e. The van der Waals surface area contributed by atoms with E-state index in [0.29, 0.717) is 6.54 Å². The van der Waals surface area contributed by atoms with Gasteiger partial charge in [-0.05, 0) is 18.5 Å². The standard InChI is InChI=1S/C17H28N2O2/c1-2-18-13-17(8-11-21-15-17)14-19(9-10-20)12-16-6-4-3-5-7-16/h3-7,18,20H,2,8-15H2,1H3. The fourth-order valence-corrected chi connectivity index (χ4v) is 3.03. The largest absolute Gasteiger partial charge is 0.395 e. The third kappa shape index (κ3) is 5.08. The van der Waals surface area contributed by atoms with E-state index in [1.165, 1.54) is 5.56 Å². The van der Waals surface area contributed by atoms with Crippen molar-refractivity contribution in [1.82, 2.24) is 10.2 Å². The molecule has 2 N–H and O–H groups in total. The summed E-state index contributed by atoms with van der Waals surface area (Å²) in [5.41, 5.74) is 1.48. The van der Waals surface area contributed by atoms with E-state index in [2.05, 4.69) is 41.4 Å². The van der Waals surface area contributed by atoms with Crippen LogP contribution in [0.3, 0.4) is 0 Å². The number of aliphatic hydroxyl groups excluding tert-OH is 1. The van der Waals surface area contributed by atoms with Crippen molar-refractivity contribution in [2.75, 3.05) is 46.0 Å². The third-order valence-corrected chi connectivity index (χ3v) is 4.16. The van der Waals surface area contributed by atoms with Crippen molar-refractivity contribution < 1.29 is 9.84 Å². The van der Waals surface area contributed by atoms with Crippen molar-refractivity contribution in [1.29, 1.82) is 0 Å². The number of nitrogens with one attached hydrogen (secondary N) is 1. The van der Waals surface area contributed by atoms with Crippen molar-refractivity contribution in [2.45, 2.75) is 19.9 Å². The minimum absolute atomic E-state index is 0.181. The van der Waals surface area contributed by atoms with Gasteiger partial charge in [0, 0.05) is 38.2 Å². The van der Waals surface area contributed by atoms with Crippen LogP contribution in [0.1, 0.15) is 18.9 Å². The molecule has 2 rings (SSSR count). The number of nitrogens with zero attached hydrogens (tertiary/aromatic N) is 1. The molecule has 0 spiro atoms. The maximum absolute atomic E-state index is 9.36. The molecule has 1 aliphatic heterocycles. The molecule has 4 nitrogen and oxygen atoms in total. The molecule has 1 saturated heterocycles. The number of benzene rings is 1. The number of hydrogen-bond donors (Lipinski definition) is 2. The molecule has 21 heavy (non-hydrogen) atoms. The monoisotopic (exact) mass is 292 g/mol. The van der Waals surface area contributed by atoms with Crippen molar-refractivity contribution >= 4 is 0 Å². The molecule has 1 aromatic carbocycles. The molecular weight excluding hydrogens is 264 g/mol. The molecule has 0 amide bonds. The summed E-state index contributed by atoms with van der Waals surface area (Å²) in [6.07, 6.45) is 1.09. The average Bonchev–Trinajstić information content (AvgIpc) is 2.95. The van der Waals surface area contributed by atoms with E-state index in [0.717, 1.165) is 45.8 Å². The zero-order valence-corrected chi connectivity index (χ0v) is 13.1. The van der Waals surface area contributed by atoms with Gasteiger partial charge in [0.15, 0.2) is 0 Å². The number of rotatable bonds is 9. The third-order valence-electron chi connectivity index (χ3n) is 4.16. The molecule has 1 aliphatic rings. The molecule has 0 aromatic heterocycles. The number of hydrogen-bond acceptors (Lipinski definition) is 4. The van der Waals surface area contributed by atoms with Crippen LogP contribution in [0.25, 0.3) is 0 Å². The number of aliphatic hydroxyl groups is 1. The van der Waals surface area contributed by atoms with Crippen molar-refractivity contribution in [3.63, 3.8) is 0 Å². The zero-order chi connectivity index (χ0) is 15.0. The summed E-state index contributed by atoms with van der Waals surface area (Å²) in [5, 5.41) is 12.8. The van der Waals surface area contributed by atoms with E-state index in [4.69, 9.17) is 4.74 Å². The highest BCUT2D eigenvalue weighted by Crippen LogP contribution is 2.29. The van der Waals surface area contributed by atoms with E-state index >= 15 is 0 Å². The minimum atomic E-state index is 0.181. The molecule has 1 atom stereocenters. The van der Waals surface area contributed by atoms with Gasteiger partial charge in [-0.1, -0.05) is 37.3 Å². The normalized spacial score (nSPS) is 22.0. The van der Waals surface area contributed by atoms with E-state index in [1.807, 2.05) is 6.07 Å². The Balaban J connectivity index is 1.99. The maximum Gasteiger partial charge on any atom is 0.0558 e. The van der Waals surface area contributed by atoms with Crippen LogP contribution in [-0.2, 0) is 11.3 Å². The molecule has 1 fully saturated rings. The van der Waals surface area contributed by atoms with Crippen molar-refractivity contribution in [3.8, 4) is 0 Å². The molecule has 0 saturated carbocycles. The van der Waals surface area contributed by atoms with Crippen molar-refractivity contribution in [3.05, 3.63) is 35.9 Å². The van der Waals surface area contributed by atoms with Gasteiger partial charge in [0.25, 0.3) is 0 Å². The molecule has 1 aromatic rings. The first-order valence-corrected chi connectivity index (χ1v) is 7.93. The van der Waals surface area contributed by atoms with E-state index in [1.54, 1.807) is 0 Å². The molecule has 118 valence electrons. The van der Waals surface area contributed by atoms with Gasteiger partial charge in [-0.3, -0.25) is 4.90 Å². The van der Waals surface area contributed by atoms with Gasteiger partial charge in [-0.15, -0.1) is 0 Å². The van der Waals surface area contributed by atoms with Gasteiger partial charge in [-0.2, -0.15) is 0 Å². The summed E-state index contributed by atoms with van der Waals surface area (Å²) >= 11 is 0. The predicted molar refractivity (Wildman–Crippen MR) is 85.2 cm³/mol. The Morgan fingerprint density at radius 1 is 1.33 bits per heavy atom. The molecule has 4 heteroatoms. The van der Waals surface area contributed by atoms with Crippen LogP contribution in [0.4, 0.5) is 0 Å². The van der Waals surface area contributed by atoms with Crippen LogP contribution >= 0.6 is 0 Å². The maximum atomic E-state index is 9.36. The molecule has 0 radical (unpaired) electrons. The SMILES string of the molecule is CCNCC1(CN(CCO)Cc2ccccc2)CCOC1. The van der Waals surface area contributed by atoms with Crippen LogP contribution in [0.15, 0.2) is 30.3 Å². The van der Waals surface area contributed by atoms with Crippen LogP contribution in [0.2, 0.25) is 0 Å². The predicted octanol–water partition coefficient (Wildman–Crippen LogP) is 1.50. The molecule has 0 bridgehead atoms. The van der Waals surface area contributed by atoms with Gasteiger partial charge < -0.3 is 15.2 Å². The molecule has 1 unspecified atom stereocenters. The summed E-state index contributed by atoms with van der Waals surface area (Å²) in [5.74, 6) is 0.